The van der Waals surface area contributed by atoms with Gasteiger partial charge >= 0.3 is 5.69 Å². The summed E-state index contributed by atoms with van der Waals surface area (Å²) in [6, 6.07) is -0.170. The maximum Gasteiger partial charge on any atom is 0.340 e. The molecule has 6 heteroatoms. The van der Waals surface area contributed by atoms with Crippen LogP contribution in [0.4, 0.5) is 0 Å². The Kier molecular flexibility index (Phi) is 3.36. The highest BCUT2D eigenvalue weighted by atomic mass is 32.2. The number of nitrogens with two attached hydrogens (primary N) is 1. The normalized spacial score (nSPS) is 13.2. The lowest BCUT2D eigenvalue weighted by molar-refractivity contribution is 0.657. The number of aromatic amines is 2. The summed E-state index contributed by atoms with van der Waals surface area (Å²) in [5.74, 6) is 1.50. The van der Waals surface area contributed by atoms with Crippen molar-refractivity contribution in [2.45, 2.75) is 12.5 Å². The molecule has 0 amide bonds. The van der Waals surface area contributed by atoms with E-state index in [1.165, 1.54) is 0 Å². The van der Waals surface area contributed by atoms with E-state index in [2.05, 4.69) is 15.2 Å². The number of nitrogens with zero attached hydrogens (tertiary/aromatic N) is 1. The molecule has 1 rings (SSSR count). The average Bonchev–Trinajstić information content (AvgIpc) is 2.47. The third-order valence-electron chi connectivity index (χ3n) is 1.50. The third-order valence-corrected chi connectivity index (χ3v) is 2.15. The first kappa shape index (κ1) is 9.34. The van der Waals surface area contributed by atoms with Gasteiger partial charge in [0.2, 0.25) is 0 Å². The zero-order valence-electron chi connectivity index (χ0n) is 6.83. The second-order valence-electron chi connectivity index (χ2n) is 2.45. The first-order chi connectivity index (χ1) is 5.74. The predicted molar refractivity (Wildman–Crippen MR) is 49.1 cm³/mol. The molecule has 0 aliphatic carbocycles. The van der Waals surface area contributed by atoms with Gasteiger partial charge in [-0.1, -0.05) is 0 Å². The molecule has 0 unspecified atom stereocenters. The van der Waals surface area contributed by atoms with Crippen LogP contribution in [0.25, 0.3) is 0 Å². The molecule has 0 aliphatic rings. The van der Waals surface area contributed by atoms with Gasteiger partial charge < -0.3 is 5.73 Å². The highest BCUT2D eigenvalue weighted by molar-refractivity contribution is 7.98. The van der Waals surface area contributed by atoms with Crippen molar-refractivity contribution in [3.63, 3.8) is 0 Å². The van der Waals surface area contributed by atoms with E-state index in [1.54, 1.807) is 11.8 Å². The first-order valence-electron chi connectivity index (χ1n) is 3.63. The molecule has 0 spiro atoms. The predicted octanol–water partition coefficient (Wildman–Crippen LogP) is -0.149. The van der Waals surface area contributed by atoms with E-state index in [0.29, 0.717) is 5.82 Å². The standard InChI is InChI=1S/C6H12N4OS/c1-12-3-2-4(7)5-8-6(11)10-9-5/h4H,2-3,7H2,1H3,(H2,8,9,10,11)/t4-/m1/s1. The molecule has 0 saturated heterocycles. The summed E-state index contributed by atoms with van der Waals surface area (Å²) < 4.78 is 0. The van der Waals surface area contributed by atoms with Crippen LogP contribution >= 0.6 is 11.8 Å². The molecular formula is C6H12N4OS. The van der Waals surface area contributed by atoms with Crippen LogP contribution in [0.1, 0.15) is 18.3 Å². The molecule has 12 heavy (non-hydrogen) atoms. The lowest BCUT2D eigenvalue weighted by Crippen LogP contribution is -2.14. The van der Waals surface area contributed by atoms with E-state index in [9.17, 15) is 4.79 Å². The molecule has 68 valence electrons. The average molecular weight is 188 g/mol. The van der Waals surface area contributed by atoms with Crippen LogP contribution in [0.5, 0.6) is 0 Å². The van der Waals surface area contributed by atoms with Crippen LogP contribution in [-0.4, -0.2) is 27.2 Å². The zero-order chi connectivity index (χ0) is 8.97. The summed E-state index contributed by atoms with van der Waals surface area (Å²) in [6.07, 6.45) is 2.84. The lowest BCUT2D eigenvalue weighted by atomic mass is 10.2. The Morgan fingerprint density at radius 3 is 3.00 bits per heavy atom. The van der Waals surface area contributed by atoms with E-state index < -0.39 is 0 Å². The quantitative estimate of drug-likeness (QED) is 0.613. The SMILES string of the molecule is CSCC[C@@H](N)c1n[nH]c(=O)[nH]1. The molecular weight excluding hydrogens is 176 g/mol. The van der Waals surface area contributed by atoms with Crippen LogP contribution in [-0.2, 0) is 0 Å². The van der Waals surface area contributed by atoms with Gasteiger partial charge in [0.25, 0.3) is 0 Å². The molecule has 4 N–H and O–H groups in total. The summed E-state index contributed by atoms with van der Waals surface area (Å²) >= 11 is 1.72. The van der Waals surface area contributed by atoms with E-state index >= 15 is 0 Å². The number of hydrogen-bond donors (Lipinski definition) is 3. The van der Waals surface area contributed by atoms with Crippen LogP contribution < -0.4 is 11.4 Å². The van der Waals surface area contributed by atoms with E-state index in [1.807, 2.05) is 6.26 Å². The smallest absolute Gasteiger partial charge is 0.321 e. The van der Waals surface area contributed by atoms with Crippen molar-refractivity contribution in [3.8, 4) is 0 Å². The van der Waals surface area contributed by atoms with Gasteiger partial charge in [0, 0.05) is 0 Å². The molecule has 5 nitrogen and oxygen atoms in total. The number of nitrogens with one attached hydrogen (secondary N) is 2. The molecule has 0 saturated carbocycles. The molecule has 0 aromatic carbocycles. The van der Waals surface area contributed by atoms with Gasteiger partial charge in [0.1, 0.15) is 5.82 Å². The van der Waals surface area contributed by atoms with Crippen LogP contribution in [0.2, 0.25) is 0 Å². The van der Waals surface area contributed by atoms with Gasteiger partial charge in [-0.25, -0.2) is 9.89 Å². The highest BCUT2D eigenvalue weighted by Gasteiger charge is 2.08. The maximum absolute atomic E-state index is 10.6. The van der Waals surface area contributed by atoms with Crippen LogP contribution in [0.15, 0.2) is 4.79 Å². The molecule has 1 aromatic rings. The lowest BCUT2D eigenvalue weighted by Gasteiger charge is -2.04. The Balaban J connectivity index is 2.53. The summed E-state index contributed by atoms with van der Waals surface area (Å²) in [7, 11) is 0. The van der Waals surface area contributed by atoms with Crippen molar-refractivity contribution in [2.75, 3.05) is 12.0 Å². The van der Waals surface area contributed by atoms with E-state index in [-0.39, 0.29) is 11.7 Å². The van der Waals surface area contributed by atoms with Gasteiger partial charge in [-0.05, 0) is 18.4 Å². The Morgan fingerprint density at radius 2 is 2.50 bits per heavy atom. The fraction of sp³-hybridized carbons (Fsp3) is 0.667. The summed E-state index contributed by atoms with van der Waals surface area (Å²) in [5, 5.41) is 6.02. The van der Waals surface area contributed by atoms with Crippen molar-refractivity contribution in [2.24, 2.45) is 5.73 Å². The Hall–Kier alpha value is -0.750. The Morgan fingerprint density at radius 1 is 1.75 bits per heavy atom. The second-order valence-corrected chi connectivity index (χ2v) is 3.44. The fourth-order valence-corrected chi connectivity index (χ4v) is 1.33. The van der Waals surface area contributed by atoms with Crippen molar-refractivity contribution >= 4 is 11.8 Å². The van der Waals surface area contributed by atoms with Gasteiger partial charge in [0.15, 0.2) is 0 Å². The summed E-state index contributed by atoms with van der Waals surface area (Å²) in [5.41, 5.74) is 5.43. The highest BCUT2D eigenvalue weighted by Crippen LogP contribution is 2.09. The van der Waals surface area contributed by atoms with Crippen molar-refractivity contribution in [1.82, 2.24) is 15.2 Å². The number of H-pyrrole nitrogens is 2. The van der Waals surface area contributed by atoms with Gasteiger partial charge in [-0.3, -0.25) is 4.98 Å². The molecule has 0 fully saturated rings. The number of rotatable bonds is 4. The minimum Gasteiger partial charge on any atom is -0.321 e. The number of hydrogen-bond acceptors (Lipinski definition) is 4. The Labute approximate surface area is 74.1 Å². The van der Waals surface area contributed by atoms with Gasteiger partial charge in [0.05, 0.1) is 6.04 Å². The number of aromatic nitrogens is 3. The maximum atomic E-state index is 10.6. The van der Waals surface area contributed by atoms with Crippen LogP contribution in [0, 0.1) is 0 Å². The molecule has 1 atom stereocenters. The van der Waals surface area contributed by atoms with Crippen molar-refractivity contribution < 1.29 is 0 Å². The first-order valence-corrected chi connectivity index (χ1v) is 5.02. The molecule has 1 aromatic heterocycles. The molecule has 0 bridgehead atoms. The minimum atomic E-state index is -0.301. The molecule has 1 heterocycles. The largest absolute Gasteiger partial charge is 0.340 e. The van der Waals surface area contributed by atoms with Crippen LogP contribution in [0.3, 0.4) is 0 Å². The summed E-state index contributed by atoms with van der Waals surface area (Å²) in [6.45, 7) is 0. The van der Waals surface area contributed by atoms with E-state index in [0.717, 1.165) is 12.2 Å². The minimum absolute atomic E-state index is 0.170. The number of thioether (sulfide) groups is 1. The van der Waals surface area contributed by atoms with E-state index in [4.69, 9.17) is 5.73 Å². The second kappa shape index (κ2) is 4.32. The molecule has 0 radical (unpaired) electrons. The van der Waals surface area contributed by atoms with Gasteiger partial charge in [-0.2, -0.15) is 16.9 Å². The third kappa shape index (κ3) is 2.38. The molecule has 0 aliphatic heterocycles. The fourth-order valence-electron chi connectivity index (χ4n) is 0.840. The van der Waals surface area contributed by atoms with Gasteiger partial charge in [-0.15, -0.1) is 0 Å². The zero-order valence-corrected chi connectivity index (χ0v) is 7.65. The Bertz CT molecular complexity index is 281. The monoisotopic (exact) mass is 188 g/mol. The summed E-state index contributed by atoms with van der Waals surface area (Å²) in [4.78, 5) is 13.2. The van der Waals surface area contributed by atoms with Crippen molar-refractivity contribution in [1.29, 1.82) is 0 Å². The topological polar surface area (TPSA) is 87.6 Å². The van der Waals surface area contributed by atoms with Crippen molar-refractivity contribution in [3.05, 3.63) is 16.3 Å².